The number of nitrogens with one attached hydrogen (secondary N) is 1. The van der Waals surface area contributed by atoms with E-state index >= 15 is 0 Å². The van der Waals surface area contributed by atoms with Gasteiger partial charge in [0.25, 0.3) is 0 Å². The van der Waals surface area contributed by atoms with E-state index in [4.69, 9.17) is 5.84 Å². The summed E-state index contributed by atoms with van der Waals surface area (Å²) in [6, 6.07) is 0.226. The van der Waals surface area contributed by atoms with E-state index in [9.17, 15) is 8.42 Å². The molecule has 4 atom stereocenters. The van der Waals surface area contributed by atoms with E-state index in [1.54, 1.807) is 0 Å². The van der Waals surface area contributed by atoms with Gasteiger partial charge in [-0.3, -0.25) is 11.3 Å². The maximum atomic E-state index is 11.8. The highest BCUT2D eigenvalue weighted by atomic mass is 32.2. The third kappa shape index (κ3) is 3.46. The first-order valence-corrected chi connectivity index (χ1v) is 10.1. The van der Waals surface area contributed by atoms with Crippen LogP contribution in [0.25, 0.3) is 0 Å². The second-order valence-corrected chi connectivity index (χ2v) is 10.2. The Kier molecular flexibility index (Phi) is 4.86. The van der Waals surface area contributed by atoms with Crippen molar-refractivity contribution in [2.24, 2.45) is 11.8 Å². The van der Waals surface area contributed by atoms with E-state index in [0.29, 0.717) is 5.92 Å². The summed E-state index contributed by atoms with van der Waals surface area (Å²) < 4.78 is 23.7. The van der Waals surface area contributed by atoms with Crippen molar-refractivity contribution in [2.45, 2.75) is 61.5 Å². The standard InChI is InChI=1S/C13H26N2O2S2/c1-13(7-4-8-18-13)12(15-14)10-5-3-6-11(9-10)19(2,16)17/h10-12,15H,3-9,14H2,1-2H3. The average Bonchev–Trinajstić information content (AvgIpc) is 2.77. The van der Waals surface area contributed by atoms with Gasteiger partial charge in [0.2, 0.25) is 0 Å². The van der Waals surface area contributed by atoms with Gasteiger partial charge >= 0.3 is 0 Å². The second kappa shape index (κ2) is 5.92. The summed E-state index contributed by atoms with van der Waals surface area (Å²) >= 11 is 1.99. The smallest absolute Gasteiger partial charge is 0.150 e. The van der Waals surface area contributed by atoms with E-state index < -0.39 is 9.84 Å². The summed E-state index contributed by atoms with van der Waals surface area (Å²) in [7, 11) is -2.92. The molecule has 19 heavy (non-hydrogen) atoms. The van der Waals surface area contributed by atoms with Crippen LogP contribution in [-0.4, -0.2) is 36.5 Å². The predicted octanol–water partition coefficient (Wildman–Crippen LogP) is 1.71. The van der Waals surface area contributed by atoms with Gasteiger partial charge in [-0.05, 0) is 50.7 Å². The normalized spacial score (nSPS) is 38.3. The lowest BCUT2D eigenvalue weighted by molar-refractivity contribution is 0.231. The zero-order valence-corrected chi connectivity index (χ0v) is 13.5. The zero-order valence-electron chi connectivity index (χ0n) is 11.9. The molecular formula is C13H26N2O2S2. The summed E-state index contributed by atoms with van der Waals surface area (Å²) in [5.41, 5.74) is 3.01. The average molecular weight is 306 g/mol. The lowest BCUT2D eigenvalue weighted by atomic mass is 9.77. The lowest BCUT2D eigenvalue weighted by Gasteiger charge is -2.41. The zero-order chi connectivity index (χ0) is 14.1. The third-order valence-electron chi connectivity index (χ3n) is 4.83. The van der Waals surface area contributed by atoms with Gasteiger partial charge in [0, 0.05) is 17.0 Å². The van der Waals surface area contributed by atoms with Crippen molar-refractivity contribution >= 4 is 21.6 Å². The highest BCUT2D eigenvalue weighted by Crippen LogP contribution is 2.45. The van der Waals surface area contributed by atoms with Gasteiger partial charge in [0.1, 0.15) is 9.84 Å². The van der Waals surface area contributed by atoms with E-state index in [0.717, 1.165) is 25.7 Å². The molecule has 0 bridgehead atoms. The van der Waals surface area contributed by atoms with Gasteiger partial charge in [-0.2, -0.15) is 11.8 Å². The fourth-order valence-corrected chi connectivity index (χ4v) is 6.40. The van der Waals surface area contributed by atoms with Crippen molar-refractivity contribution in [3.05, 3.63) is 0 Å². The molecule has 0 aromatic carbocycles. The van der Waals surface area contributed by atoms with Gasteiger partial charge in [0.15, 0.2) is 0 Å². The van der Waals surface area contributed by atoms with Crippen LogP contribution in [0.1, 0.15) is 45.4 Å². The Hall–Kier alpha value is 0.220. The molecule has 6 heteroatoms. The number of thioether (sulfide) groups is 1. The summed E-state index contributed by atoms with van der Waals surface area (Å²) in [4.78, 5) is 0. The topological polar surface area (TPSA) is 72.2 Å². The first kappa shape index (κ1) is 15.6. The molecule has 4 unspecified atom stereocenters. The van der Waals surface area contributed by atoms with Crippen LogP contribution < -0.4 is 11.3 Å². The molecule has 1 saturated heterocycles. The number of hydrazine groups is 1. The van der Waals surface area contributed by atoms with Crippen molar-refractivity contribution in [2.75, 3.05) is 12.0 Å². The van der Waals surface area contributed by atoms with Crippen molar-refractivity contribution in [1.82, 2.24) is 5.43 Å². The molecule has 112 valence electrons. The van der Waals surface area contributed by atoms with Crippen LogP contribution in [0.4, 0.5) is 0 Å². The molecule has 3 N–H and O–H groups in total. The van der Waals surface area contributed by atoms with Gasteiger partial charge in [-0.1, -0.05) is 6.42 Å². The van der Waals surface area contributed by atoms with Crippen molar-refractivity contribution in [3.63, 3.8) is 0 Å². The molecular weight excluding hydrogens is 280 g/mol. The van der Waals surface area contributed by atoms with Crippen LogP contribution in [-0.2, 0) is 9.84 Å². The number of nitrogens with two attached hydrogens (primary N) is 1. The Morgan fingerprint density at radius 3 is 2.63 bits per heavy atom. The SMILES string of the molecule is CC1(C(NN)C2CCCC(S(C)(=O)=O)C2)CCCS1. The molecule has 1 aliphatic carbocycles. The fourth-order valence-electron chi connectivity index (χ4n) is 3.73. The van der Waals surface area contributed by atoms with Crippen LogP contribution in [0.15, 0.2) is 0 Å². The van der Waals surface area contributed by atoms with Crippen LogP contribution >= 0.6 is 11.8 Å². The molecule has 2 rings (SSSR count). The molecule has 0 amide bonds. The predicted molar refractivity (Wildman–Crippen MR) is 81.8 cm³/mol. The van der Waals surface area contributed by atoms with E-state index in [1.165, 1.54) is 24.9 Å². The van der Waals surface area contributed by atoms with Crippen LogP contribution in [0.3, 0.4) is 0 Å². The molecule has 1 saturated carbocycles. The first-order chi connectivity index (χ1) is 8.87. The van der Waals surface area contributed by atoms with E-state index in [2.05, 4.69) is 12.3 Å². The number of rotatable bonds is 4. The van der Waals surface area contributed by atoms with Crippen LogP contribution in [0.5, 0.6) is 0 Å². The molecule has 0 aromatic rings. The van der Waals surface area contributed by atoms with Gasteiger partial charge in [-0.25, -0.2) is 8.42 Å². The summed E-state index contributed by atoms with van der Waals surface area (Å²) in [6.45, 7) is 2.28. The Morgan fingerprint density at radius 2 is 2.11 bits per heavy atom. The van der Waals surface area contributed by atoms with Crippen LogP contribution in [0.2, 0.25) is 0 Å². The first-order valence-electron chi connectivity index (χ1n) is 7.16. The maximum absolute atomic E-state index is 11.8. The Balaban J connectivity index is 2.10. The highest BCUT2D eigenvalue weighted by molar-refractivity contribution is 8.00. The molecule has 2 aliphatic rings. The van der Waals surface area contributed by atoms with Crippen LogP contribution in [0, 0.1) is 5.92 Å². The molecule has 0 radical (unpaired) electrons. The molecule has 1 heterocycles. The largest absolute Gasteiger partial charge is 0.271 e. The van der Waals surface area contributed by atoms with Gasteiger partial charge in [0.05, 0.1) is 5.25 Å². The second-order valence-electron chi connectivity index (χ2n) is 6.29. The molecule has 4 nitrogen and oxygen atoms in total. The van der Waals surface area contributed by atoms with Gasteiger partial charge < -0.3 is 0 Å². The molecule has 0 spiro atoms. The Labute approximate surface area is 121 Å². The number of hydrogen-bond donors (Lipinski definition) is 2. The maximum Gasteiger partial charge on any atom is 0.150 e. The Morgan fingerprint density at radius 1 is 1.37 bits per heavy atom. The van der Waals surface area contributed by atoms with Crippen molar-refractivity contribution in [3.8, 4) is 0 Å². The third-order valence-corrected chi connectivity index (χ3v) is 8.08. The van der Waals surface area contributed by atoms with Crippen molar-refractivity contribution < 1.29 is 8.42 Å². The van der Waals surface area contributed by atoms with E-state index in [-0.39, 0.29) is 16.0 Å². The van der Waals surface area contributed by atoms with Gasteiger partial charge in [-0.15, -0.1) is 0 Å². The highest BCUT2D eigenvalue weighted by Gasteiger charge is 2.43. The number of hydrogen-bond acceptors (Lipinski definition) is 5. The summed E-state index contributed by atoms with van der Waals surface area (Å²) in [5, 5.41) is -0.169. The molecule has 1 aliphatic heterocycles. The molecule has 2 fully saturated rings. The van der Waals surface area contributed by atoms with E-state index in [1.807, 2.05) is 11.8 Å². The monoisotopic (exact) mass is 306 g/mol. The minimum absolute atomic E-state index is 0.165. The minimum atomic E-state index is -2.92. The number of sulfone groups is 1. The minimum Gasteiger partial charge on any atom is -0.271 e. The Bertz CT molecular complexity index is 405. The van der Waals surface area contributed by atoms with Crippen molar-refractivity contribution in [1.29, 1.82) is 0 Å². The fraction of sp³-hybridized carbons (Fsp3) is 1.00. The lowest BCUT2D eigenvalue weighted by Crippen LogP contribution is -2.54. The summed E-state index contributed by atoms with van der Waals surface area (Å²) in [6.07, 6.45) is 7.46. The summed E-state index contributed by atoms with van der Waals surface area (Å²) in [5.74, 6) is 7.39. The quantitative estimate of drug-likeness (QED) is 0.611. The molecule has 0 aromatic heterocycles.